The second kappa shape index (κ2) is 4.46. The smallest absolute Gasteiger partial charge is 0.264 e. The molecule has 4 nitrogen and oxygen atoms in total. The maximum atomic E-state index is 10.4. The molecule has 0 rings (SSSR count). The summed E-state index contributed by atoms with van der Waals surface area (Å²) in [7, 11) is -3.83. The lowest BCUT2D eigenvalue weighted by molar-refractivity contribution is -0.117. The lowest BCUT2D eigenvalue weighted by Gasteiger charge is -1.95. The van der Waals surface area contributed by atoms with E-state index in [1.165, 1.54) is 6.92 Å². The van der Waals surface area contributed by atoms with Crippen LogP contribution >= 0.6 is 0 Å². The summed E-state index contributed by atoms with van der Waals surface area (Å²) in [5, 5.41) is 0. The summed E-state index contributed by atoms with van der Waals surface area (Å²) in [6, 6.07) is 0. The molecular weight excluding hydrogens is 168 g/mol. The summed E-state index contributed by atoms with van der Waals surface area (Å²) < 4.78 is 28.6. The van der Waals surface area contributed by atoms with E-state index < -0.39 is 10.1 Å². The van der Waals surface area contributed by atoms with E-state index in [-0.39, 0.29) is 11.5 Å². The molecule has 0 aromatic heterocycles. The van der Waals surface area contributed by atoms with Gasteiger partial charge in [-0.3, -0.25) is 4.55 Å². The fraction of sp³-hybridized carbons (Fsp3) is 0.833. The van der Waals surface area contributed by atoms with Crippen molar-refractivity contribution in [1.29, 1.82) is 0 Å². The minimum Gasteiger partial charge on any atom is -0.300 e. The molecule has 0 aliphatic heterocycles. The fourth-order valence-corrected chi connectivity index (χ4v) is 1.23. The van der Waals surface area contributed by atoms with Gasteiger partial charge in [-0.25, -0.2) is 0 Å². The normalized spacial score (nSPS) is 11.5. The zero-order valence-corrected chi connectivity index (χ0v) is 7.23. The second-order valence-corrected chi connectivity index (χ2v) is 4.02. The Kier molecular flexibility index (Phi) is 4.29. The Balaban J connectivity index is 3.37. The molecule has 0 aromatic rings. The second-order valence-electron chi connectivity index (χ2n) is 2.45. The van der Waals surface area contributed by atoms with Gasteiger partial charge in [-0.05, 0) is 19.8 Å². The lowest BCUT2D eigenvalue weighted by Crippen LogP contribution is -2.04. The quantitative estimate of drug-likeness (QED) is 0.497. The molecule has 1 N–H and O–H groups in total. The van der Waals surface area contributed by atoms with Gasteiger partial charge in [0.2, 0.25) is 0 Å². The SMILES string of the molecule is CC(=O)CCCCS(=O)(=O)O. The van der Waals surface area contributed by atoms with Crippen LogP contribution in [0.15, 0.2) is 0 Å². The minimum atomic E-state index is -3.83. The van der Waals surface area contributed by atoms with Crippen molar-refractivity contribution in [3.05, 3.63) is 0 Å². The number of ketones is 1. The Morgan fingerprint density at radius 3 is 2.27 bits per heavy atom. The Bertz CT molecular complexity index is 217. The van der Waals surface area contributed by atoms with E-state index in [9.17, 15) is 13.2 Å². The molecule has 0 fully saturated rings. The topological polar surface area (TPSA) is 71.4 Å². The number of carbonyl (C=O) groups excluding carboxylic acids is 1. The van der Waals surface area contributed by atoms with E-state index in [1.807, 2.05) is 0 Å². The van der Waals surface area contributed by atoms with Crippen LogP contribution < -0.4 is 0 Å². The average Bonchev–Trinajstić information content (AvgIpc) is 1.78. The highest BCUT2D eigenvalue weighted by molar-refractivity contribution is 7.85. The minimum absolute atomic E-state index is 0.0420. The van der Waals surface area contributed by atoms with E-state index in [1.54, 1.807) is 0 Å². The first-order valence-electron chi connectivity index (χ1n) is 3.36. The van der Waals surface area contributed by atoms with Crippen molar-refractivity contribution in [2.24, 2.45) is 0 Å². The van der Waals surface area contributed by atoms with Gasteiger partial charge in [0.05, 0.1) is 5.75 Å². The van der Waals surface area contributed by atoms with Crippen molar-refractivity contribution in [3.8, 4) is 0 Å². The van der Waals surface area contributed by atoms with Gasteiger partial charge in [-0.15, -0.1) is 0 Å². The maximum Gasteiger partial charge on any atom is 0.264 e. The number of rotatable bonds is 5. The first kappa shape index (κ1) is 10.6. The number of hydrogen-bond donors (Lipinski definition) is 1. The molecule has 0 spiro atoms. The number of carbonyl (C=O) groups is 1. The molecule has 0 bridgehead atoms. The van der Waals surface area contributed by atoms with Crippen LogP contribution in [0.4, 0.5) is 0 Å². The molecule has 11 heavy (non-hydrogen) atoms. The number of hydrogen-bond acceptors (Lipinski definition) is 3. The zero-order chi connectivity index (χ0) is 8.91. The van der Waals surface area contributed by atoms with Crippen molar-refractivity contribution >= 4 is 15.9 Å². The Morgan fingerprint density at radius 2 is 1.91 bits per heavy atom. The first-order chi connectivity index (χ1) is 4.92. The van der Waals surface area contributed by atoms with Gasteiger partial charge in [0, 0.05) is 6.42 Å². The van der Waals surface area contributed by atoms with E-state index >= 15 is 0 Å². The molecule has 0 aliphatic rings. The van der Waals surface area contributed by atoms with E-state index in [4.69, 9.17) is 4.55 Å². The Labute approximate surface area is 66.4 Å². The van der Waals surface area contributed by atoms with Crippen LogP contribution in [0.5, 0.6) is 0 Å². The number of unbranched alkanes of at least 4 members (excludes halogenated alkanes) is 1. The highest BCUT2D eigenvalue weighted by Gasteiger charge is 2.03. The highest BCUT2D eigenvalue weighted by Crippen LogP contribution is 1.98. The van der Waals surface area contributed by atoms with Crippen LogP contribution in [0, 0.1) is 0 Å². The van der Waals surface area contributed by atoms with Gasteiger partial charge >= 0.3 is 0 Å². The van der Waals surface area contributed by atoms with Crippen molar-refractivity contribution in [1.82, 2.24) is 0 Å². The van der Waals surface area contributed by atoms with Crippen LogP contribution in [0.3, 0.4) is 0 Å². The monoisotopic (exact) mass is 180 g/mol. The van der Waals surface area contributed by atoms with Crippen LogP contribution in [0.2, 0.25) is 0 Å². The van der Waals surface area contributed by atoms with Gasteiger partial charge in [0.25, 0.3) is 10.1 Å². The summed E-state index contributed by atoms with van der Waals surface area (Å²) in [5.74, 6) is -0.208. The third kappa shape index (κ3) is 9.58. The molecule has 0 atom stereocenters. The van der Waals surface area contributed by atoms with Gasteiger partial charge in [0.1, 0.15) is 5.78 Å². The average molecular weight is 180 g/mol. The van der Waals surface area contributed by atoms with Gasteiger partial charge < -0.3 is 4.79 Å². The van der Waals surface area contributed by atoms with Crippen LogP contribution in [0.1, 0.15) is 26.2 Å². The van der Waals surface area contributed by atoms with Crippen molar-refractivity contribution in [3.63, 3.8) is 0 Å². The first-order valence-corrected chi connectivity index (χ1v) is 4.97. The molecule has 5 heteroatoms. The predicted molar refractivity (Wildman–Crippen MR) is 40.9 cm³/mol. The molecule has 0 radical (unpaired) electrons. The largest absolute Gasteiger partial charge is 0.300 e. The van der Waals surface area contributed by atoms with Crippen molar-refractivity contribution in [2.45, 2.75) is 26.2 Å². The van der Waals surface area contributed by atoms with Crippen LogP contribution in [-0.4, -0.2) is 24.5 Å². The van der Waals surface area contributed by atoms with E-state index in [0.717, 1.165) is 0 Å². The fourth-order valence-electron chi connectivity index (χ4n) is 0.658. The molecule has 66 valence electrons. The Hall–Kier alpha value is -0.420. The van der Waals surface area contributed by atoms with Gasteiger partial charge in [-0.1, -0.05) is 0 Å². The molecule has 0 aromatic carbocycles. The summed E-state index contributed by atoms with van der Waals surface area (Å²) in [6.45, 7) is 1.45. The Morgan fingerprint density at radius 1 is 1.36 bits per heavy atom. The van der Waals surface area contributed by atoms with E-state index in [2.05, 4.69) is 0 Å². The van der Waals surface area contributed by atoms with E-state index in [0.29, 0.717) is 19.3 Å². The summed E-state index contributed by atoms with van der Waals surface area (Å²) in [4.78, 5) is 10.4. The van der Waals surface area contributed by atoms with Gasteiger partial charge in [0.15, 0.2) is 0 Å². The van der Waals surface area contributed by atoms with Crippen molar-refractivity contribution in [2.75, 3.05) is 5.75 Å². The standard InChI is InChI=1S/C6H12O4S/c1-6(7)4-2-3-5-11(8,9)10/h2-5H2,1H3,(H,8,9,10). The third-order valence-corrected chi connectivity index (χ3v) is 1.99. The molecule has 0 aliphatic carbocycles. The van der Waals surface area contributed by atoms with Gasteiger partial charge in [-0.2, -0.15) is 8.42 Å². The summed E-state index contributed by atoms with van der Waals surface area (Å²) >= 11 is 0. The summed E-state index contributed by atoms with van der Waals surface area (Å²) in [6.07, 6.45) is 1.25. The van der Waals surface area contributed by atoms with Crippen molar-refractivity contribution < 1.29 is 17.8 Å². The third-order valence-electron chi connectivity index (χ3n) is 1.18. The molecule has 0 heterocycles. The highest BCUT2D eigenvalue weighted by atomic mass is 32.2. The molecule has 0 amide bonds. The molecular formula is C6H12O4S. The lowest BCUT2D eigenvalue weighted by atomic mass is 10.2. The van der Waals surface area contributed by atoms with Crippen LogP contribution in [0.25, 0.3) is 0 Å². The summed E-state index contributed by atoms with van der Waals surface area (Å²) in [5.41, 5.74) is 0. The van der Waals surface area contributed by atoms with Crippen LogP contribution in [-0.2, 0) is 14.9 Å². The maximum absolute atomic E-state index is 10.4. The molecule has 0 unspecified atom stereocenters. The molecule has 0 saturated heterocycles. The zero-order valence-electron chi connectivity index (χ0n) is 6.41. The number of Topliss-reactive ketones (excluding diaryl/α,β-unsaturated/α-hetero) is 1. The predicted octanol–water partition coefficient (Wildman–Crippen LogP) is 0.633. The molecule has 0 saturated carbocycles.